The summed E-state index contributed by atoms with van der Waals surface area (Å²) in [6.07, 6.45) is 1.69. The first-order valence-electron chi connectivity index (χ1n) is 7.32. The zero-order valence-electron chi connectivity index (χ0n) is 13.1. The molecule has 0 saturated carbocycles. The summed E-state index contributed by atoms with van der Waals surface area (Å²) >= 11 is 0. The van der Waals surface area contributed by atoms with Crippen LogP contribution in [0, 0.1) is 0 Å². The van der Waals surface area contributed by atoms with Gasteiger partial charge in [-0.25, -0.2) is 0 Å². The summed E-state index contributed by atoms with van der Waals surface area (Å²) in [6.45, 7) is 4.16. The molecular formula is C19H20O4. The van der Waals surface area contributed by atoms with Gasteiger partial charge in [0.05, 0.1) is 13.5 Å². The third-order valence-corrected chi connectivity index (χ3v) is 3.55. The van der Waals surface area contributed by atoms with Gasteiger partial charge in [0.2, 0.25) is 0 Å². The van der Waals surface area contributed by atoms with Crippen LogP contribution in [0.3, 0.4) is 0 Å². The maximum Gasteiger partial charge on any atom is 0.304 e. The van der Waals surface area contributed by atoms with Crippen LogP contribution in [0.25, 0.3) is 0 Å². The van der Waals surface area contributed by atoms with Crippen molar-refractivity contribution < 1.29 is 19.4 Å². The zero-order chi connectivity index (χ0) is 16.7. The highest BCUT2D eigenvalue weighted by atomic mass is 16.5. The number of aliphatic carboxylic acids is 1. The Morgan fingerprint density at radius 2 is 1.74 bits per heavy atom. The van der Waals surface area contributed by atoms with E-state index in [0.29, 0.717) is 6.61 Å². The molecule has 2 aromatic rings. The van der Waals surface area contributed by atoms with Gasteiger partial charge in [0.15, 0.2) is 0 Å². The van der Waals surface area contributed by atoms with E-state index in [0.717, 1.165) is 22.6 Å². The molecule has 4 nitrogen and oxygen atoms in total. The molecule has 0 bridgehead atoms. The summed E-state index contributed by atoms with van der Waals surface area (Å²) in [4.78, 5) is 10.8. The lowest BCUT2D eigenvalue weighted by molar-refractivity contribution is -0.137. The van der Waals surface area contributed by atoms with Crippen molar-refractivity contribution in [3.63, 3.8) is 0 Å². The molecule has 0 radical (unpaired) electrons. The molecule has 120 valence electrons. The van der Waals surface area contributed by atoms with E-state index in [-0.39, 0.29) is 12.3 Å². The highest BCUT2D eigenvalue weighted by Gasteiger charge is 2.11. The molecule has 0 aliphatic rings. The van der Waals surface area contributed by atoms with Crippen molar-refractivity contribution in [2.24, 2.45) is 0 Å². The third kappa shape index (κ3) is 4.88. The van der Waals surface area contributed by atoms with Crippen molar-refractivity contribution >= 4 is 5.97 Å². The molecule has 0 aliphatic heterocycles. The van der Waals surface area contributed by atoms with Gasteiger partial charge >= 0.3 is 5.97 Å². The van der Waals surface area contributed by atoms with Crippen LogP contribution in [-0.2, 0) is 11.4 Å². The Kier molecular flexibility index (Phi) is 5.80. The van der Waals surface area contributed by atoms with E-state index >= 15 is 0 Å². The van der Waals surface area contributed by atoms with Gasteiger partial charge in [-0.05, 0) is 35.4 Å². The van der Waals surface area contributed by atoms with Crippen LogP contribution in [0.15, 0.2) is 61.2 Å². The lowest BCUT2D eigenvalue weighted by atomic mass is 9.96. The molecule has 0 spiro atoms. The molecule has 0 amide bonds. The van der Waals surface area contributed by atoms with Gasteiger partial charge in [0.1, 0.15) is 18.1 Å². The molecular weight excluding hydrogens is 292 g/mol. The average Bonchev–Trinajstić information content (AvgIpc) is 2.58. The first-order chi connectivity index (χ1) is 11.1. The second kappa shape index (κ2) is 8.03. The quantitative estimate of drug-likeness (QED) is 0.748. The monoisotopic (exact) mass is 312 g/mol. The number of rotatable bonds is 8. The molecule has 0 saturated heterocycles. The van der Waals surface area contributed by atoms with E-state index in [9.17, 15) is 4.79 Å². The molecule has 23 heavy (non-hydrogen) atoms. The molecule has 0 aromatic heterocycles. The van der Waals surface area contributed by atoms with Crippen LogP contribution in [0.2, 0.25) is 0 Å². The first kappa shape index (κ1) is 16.6. The van der Waals surface area contributed by atoms with Crippen molar-refractivity contribution in [1.82, 2.24) is 0 Å². The van der Waals surface area contributed by atoms with E-state index < -0.39 is 5.97 Å². The molecule has 4 heteroatoms. The number of methoxy groups -OCH3 is 1. The predicted molar refractivity (Wildman–Crippen MR) is 89.0 cm³/mol. The van der Waals surface area contributed by atoms with Gasteiger partial charge in [-0.3, -0.25) is 4.79 Å². The molecule has 0 heterocycles. The van der Waals surface area contributed by atoms with E-state index in [1.54, 1.807) is 13.2 Å². The van der Waals surface area contributed by atoms with Crippen LogP contribution in [0.4, 0.5) is 0 Å². The van der Waals surface area contributed by atoms with Crippen molar-refractivity contribution in [1.29, 1.82) is 0 Å². The molecule has 1 atom stereocenters. The number of hydrogen-bond donors (Lipinski definition) is 1. The number of hydrogen-bond acceptors (Lipinski definition) is 3. The Hall–Kier alpha value is -2.75. The number of benzene rings is 2. The van der Waals surface area contributed by atoms with Crippen LogP contribution in [0.1, 0.15) is 23.5 Å². The lowest BCUT2D eigenvalue weighted by Crippen LogP contribution is -2.04. The molecule has 2 rings (SSSR count). The number of ether oxygens (including phenoxy) is 2. The predicted octanol–water partition coefficient (Wildman–Crippen LogP) is 4.02. The standard InChI is InChI=1S/C19H20O4/c1-3-15(12-19(20)21)16-6-10-18(11-7-16)23-13-14-4-8-17(22-2)9-5-14/h3-11,15H,1,12-13H2,2H3,(H,20,21)/t15-/m1/s1. The molecule has 0 unspecified atom stereocenters. The second-order valence-electron chi connectivity index (χ2n) is 5.15. The highest BCUT2D eigenvalue weighted by molar-refractivity contribution is 5.68. The molecule has 0 aliphatic carbocycles. The maximum atomic E-state index is 10.8. The fourth-order valence-electron chi connectivity index (χ4n) is 2.23. The average molecular weight is 312 g/mol. The second-order valence-corrected chi connectivity index (χ2v) is 5.15. The van der Waals surface area contributed by atoms with E-state index in [2.05, 4.69) is 6.58 Å². The number of allylic oxidation sites excluding steroid dienone is 1. The lowest BCUT2D eigenvalue weighted by Gasteiger charge is -2.12. The van der Waals surface area contributed by atoms with Crippen LogP contribution in [-0.4, -0.2) is 18.2 Å². The van der Waals surface area contributed by atoms with Crippen molar-refractivity contribution in [2.45, 2.75) is 18.9 Å². The normalized spacial score (nSPS) is 11.5. The minimum Gasteiger partial charge on any atom is -0.497 e. The van der Waals surface area contributed by atoms with Gasteiger partial charge in [-0.1, -0.05) is 30.3 Å². The fraction of sp³-hybridized carbons (Fsp3) is 0.211. The van der Waals surface area contributed by atoms with Gasteiger partial charge in [-0.15, -0.1) is 6.58 Å². The number of carbonyl (C=O) groups is 1. The SMILES string of the molecule is C=C[C@H](CC(=O)O)c1ccc(OCc2ccc(OC)cc2)cc1. The number of carboxylic acids is 1. The zero-order valence-corrected chi connectivity index (χ0v) is 13.1. The molecule has 1 N–H and O–H groups in total. The van der Waals surface area contributed by atoms with Gasteiger partial charge in [0, 0.05) is 5.92 Å². The Bertz CT molecular complexity index is 644. The maximum absolute atomic E-state index is 10.8. The van der Waals surface area contributed by atoms with Gasteiger partial charge in [-0.2, -0.15) is 0 Å². The van der Waals surface area contributed by atoms with E-state index in [1.807, 2.05) is 48.5 Å². The molecule has 0 fully saturated rings. The Balaban J connectivity index is 1.96. The molecule has 2 aromatic carbocycles. The van der Waals surface area contributed by atoms with E-state index in [4.69, 9.17) is 14.6 Å². The van der Waals surface area contributed by atoms with Crippen LogP contribution >= 0.6 is 0 Å². The van der Waals surface area contributed by atoms with Gasteiger partial charge in [0.25, 0.3) is 0 Å². The Morgan fingerprint density at radius 1 is 1.13 bits per heavy atom. The summed E-state index contributed by atoms with van der Waals surface area (Å²) in [5.74, 6) is 0.521. The highest BCUT2D eigenvalue weighted by Crippen LogP contribution is 2.24. The van der Waals surface area contributed by atoms with E-state index in [1.165, 1.54) is 0 Å². The topological polar surface area (TPSA) is 55.8 Å². The Labute approximate surface area is 136 Å². The third-order valence-electron chi connectivity index (χ3n) is 3.55. The summed E-state index contributed by atoms with van der Waals surface area (Å²) in [5.41, 5.74) is 1.96. The van der Waals surface area contributed by atoms with Crippen LogP contribution < -0.4 is 9.47 Å². The minimum absolute atomic E-state index is 0.0373. The summed E-state index contributed by atoms with van der Waals surface area (Å²) < 4.78 is 10.8. The van der Waals surface area contributed by atoms with Crippen LogP contribution in [0.5, 0.6) is 11.5 Å². The minimum atomic E-state index is -0.838. The number of carboxylic acid groups (broad SMARTS) is 1. The summed E-state index contributed by atoms with van der Waals surface area (Å²) in [5, 5.41) is 8.90. The summed E-state index contributed by atoms with van der Waals surface area (Å²) in [6, 6.07) is 15.1. The van der Waals surface area contributed by atoms with Crippen molar-refractivity contribution in [2.75, 3.05) is 7.11 Å². The van der Waals surface area contributed by atoms with Crippen molar-refractivity contribution in [3.8, 4) is 11.5 Å². The van der Waals surface area contributed by atoms with Gasteiger partial charge < -0.3 is 14.6 Å². The largest absolute Gasteiger partial charge is 0.497 e. The summed E-state index contributed by atoms with van der Waals surface area (Å²) in [7, 11) is 1.63. The fourth-order valence-corrected chi connectivity index (χ4v) is 2.23. The first-order valence-corrected chi connectivity index (χ1v) is 7.32. The Morgan fingerprint density at radius 3 is 2.26 bits per heavy atom. The van der Waals surface area contributed by atoms with Crippen molar-refractivity contribution in [3.05, 3.63) is 72.3 Å². The smallest absolute Gasteiger partial charge is 0.304 e.